The van der Waals surface area contributed by atoms with Crippen molar-refractivity contribution < 1.29 is 4.79 Å². The van der Waals surface area contributed by atoms with Gasteiger partial charge in [-0.1, -0.05) is 0 Å². The molecule has 1 aromatic heterocycles. The first kappa shape index (κ1) is 12.7. The van der Waals surface area contributed by atoms with E-state index in [-0.39, 0.29) is 5.91 Å². The molecule has 0 bridgehead atoms. The van der Waals surface area contributed by atoms with Gasteiger partial charge in [-0.05, 0) is 19.1 Å². The first-order valence-electron chi connectivity index (χ1n) is 5.22. The summed E-state index contributed by atoms with van der Waals surface area (Å²) in [6, 6.07) is 5.84. The van der Waals surface area contributed by atoms with E-state index >= 15 is 0 Å². The third kappa shape index (κ3) is 4.43. The van der Waals surface area contributed by atoms with Crippen LogP contribution in [0.3, 0.4) is 0 Å². The zero-order valence-corrected chi connectivity index (χ0v) is 10.1. The minimum absolute atomic E-state index is 0.0684. The Labute approximate surface area is 99.3 Å². The molecule has 0 aliphatic rings. The monoisotopic (exact) mass is 237 g/mol. The van der Waals surface area contributed by atoms with Gasteiger partial charge in [-0.2, -0.15) is 5.26 Å². The molecule has 0 saturated carbocycles. The van der Waals surface area contributed by atoms with Crippen LogP contribution in [-0.4, -0.2) is 19.0 Å². The molecule has 1 heterocycles. The van der Waals surface area contributed by atoms with Crippen LogP contribution in [0.5, 0.6) is 0 Å². The first-order chi connectivity index (χ1) is 7.76. The Bertz CT molecular complexity index is 381. The number of amides is 1. The molecule has 0 radical (unpaired) electrons. The maximum absolute atomic E-state index is 11.1. The zero-order chi connectivity index (χ0) is 11.8. The van der Waals surface area contributed by atoms with Gasteiger partial charge in [0.25, 0.3) is 0 Å². The van der Waals surface area contributed by atoms with Gasteiger partial charge in [0.05, 0.1) is 0 Å². The highest BCUT2D eigenvalue weighted by Gasteiger charge is 2.00. The van der Waals surface area contributed by atoms with Gasteiger partial charge < -0.3 is 10.6 Å². The SMILES string of the molecule is CCNC(=O)CCNCc1ccc(C#N)s1. The molecule has 0 spiro atoms. The number of nitriles is 1. The molecule has 5 heteroatoms. The Kier molecular flexibility index (Phi) is 5.54. The molecule has 16 heavy (non-hydrogen) atoms. The molecule has 0 aliphatic heterocycles. The lowest BCUT2D eigenvalue weighted by molar-refractivity contribution is -0.120. The Hall–Kier alpha value is -1.38. The molecule has 1 amide bonds. The molecule has 0 aliphatic carbocycles. The summed E-state index contributed by atoms with van der Waals surface area (Å²) in [4.78, 5) is 13.0. The number of carbonyl (C=O) groups is 1. The van der Waals surface area contributed by atoms with E-state index in [1.807, 2.05) is 19.1 Å². The van der Waals surface area contributed by atoms with Crippen LogP contribution >= 0.6 is 11.3 Å². The molecular weight excluding hydrogens is 222 g/mol. The second kappa shape index (κ2) is 6.99. The largest absolute Gasteiger partial charge is 0.356 e. The maximum Gasteiger partial charge on any atom is 0.221 e. The van der Waals surface area contributed by atoms with E-state index in [2.05, 4.69) is 16.7 Å². The Balaban J connectivity index is 2.16. The van der Waals surface area contributed by atoms with Gasteiger partial charge in [-0.3, -0.25) is 4.79 Å². The minimum atomic E-state index is 0.0684. The number of hydrogen-bond donors (Lipinski definition) is 2. The molecule has 0 fully saturated rings. The summed E-state index contributed by atoms with van der Waals surface area (Å²) in [5, 5.41) is 14.5. The molecule has 4 nitrogen and oxygen atoms in total. The fourth-order valence-corrected chi connectivity index (χ4v) is 2.01. The fourth-order valence-electron chi connectivity index (χ4n) is 1.23. The van der Waals surface area contributed by atoms with E-state index in [0.29, 0.717) is 26.1 Å². The van der Waals surface area contributed by atoms with Crippen molar-refractivity contribution in [3.8, 4) is 6.07 Å². The van der Waals surface area contributed by atoms with Crippen molar-refractivity contribution in [2.24, 2.45) is 0 Å². The predicted octanol–water partition coefficient (Wildman–Crippen LogP) is 1.24. The summed E-state index contributed by atoms with van der Waals surface area (Å²) >= 11 is 1.48. The topological polar surface area (TPSA) is 64.9 Å². The van der Waals surface area contributed by atoms with Crippen LogP contribution in [0.2, 0.25) is 0 Å². The van der Waals surface area contributed by atoms with Crippen molar-refractivity contribution in [1.82, 2.24) is 10.6 Å². The molecule has 0 saturated heterocycles. The summed E-state index contributed by atoms with van der Waals surface area (Å²) in [6.45, 7) is 3.95. The van der Waals surface area contributed by atoms with E-state index in [1.54, 1.807) is 0 Å². The molecule has 2 N–H and O–H groups in total. The summed E-state index contributed by atoms with van der Waals surface area (Å²) in [6.07, 6.45) is 0.490. The Morgan fingerprint density at radius 3 is 3.00 bits per heavy atom. The summed E-state index contributed by atoms with van der Waals surface area (Å²) < 4.78 is 0. The van der Waals surface area contributed by atoms with Gasteiger partial charge in [-0.25, -0.2) is 0 Å². The summed E-state index contributed by atoms with van der Waals surface area (Å²) in [7, 11) is 0. The number of nitrogens with zero attached hydrogens (tertiary/aromatic N) is 1. The third-order valence-corrected chi connectivity index (χ3v) is 2.96. The van der Waals surface area contributed by atoms with Crippen molar-refractivity contribution >= 4 is 17.2 Å². The van der Waals surface area contributed by atoms with E-state index in [1.165, 1.54) is 11.3 Å². The average Bonchev–Trinajstić information content (AvgIpc) is 2.73. The van der Waals surface area contributed by atoms with Crippen molar-refractivity contribution in [2.45, 2.75) is 19.9 Å². The molecule has 86 valence electrons. The second-order valence-electron chi connectivity index (χ2n) is 3.26. The number of thiophene rings is 1. The smallest absolute Gasteiger partial charge is 0.221 e. The van der Waals surface area contributed by atoms with Crippen LogP contribution < -0.4 is 10.6 Å². The number of hydrogen-bond acceptors (Lipinski definition) is 4. The van der Waals surface area contributed by atoms with Gasteiger partial charge in [0.1, 0.15) is 10.9 Å². The quantitative estimate of drug-likeness (QED) is 0.731. The first-order valence-corrected chi connectivity index (χ1v) is 6.04. The molecule has 1 rings (SSSR count). The molecule has 0 aromatic carbocycles. The van der Waals surface area contributed by atoms with E-state index in [9.17, 15) is 4.79 Å². The van der Waals surface area contributed by atoms with Gasteiger partial charge in [0.2, 0.25) is 5.91 Å². The van der Waals surface area contributed by atoms with Crippen LogP contribution in [0, 0.1) is 11.3 Å². The highest BCUT2D eigenvalue weighted by molar-refractivity contribution is 7.12. The highest BCUT2D eigenvalue weighted by atomic mass is 32.1. The van der Waals surface area contributed by atoms with E-state index < -0.39 is 0 Å². The second-order valence-corrected chi connectivity index (χ2v) is 4.43. The van der Waals surface area contributed by atoms with Crippen LogP contribution in [0.4, 0.5) is 0 Å². The zero-order valence-electron chi connectivity index (χ0n) is 9.25. The Morgan fingerprint density at radius 2 is 2.38 bits per heavy atom. The van der Waals surface area contributed by atoms with Crippen LogP contribution in [0.1, 0.15) is 23.1 Å². The van der Waals surface area contributed by atoms with Crippen LogP contribution in [0.25, 0.3) is 0 Å². The average molecular weight is 237 g/mol. The summed E-state index contributed by atoms with van der Waals surface area (Å²) in [5.41, 5.74) is 0. The normalized spacial score (nSPS) is 9.75. The van der Waals surface area contributed by atoms with E-state index in [0.717, 1.165) is 9.75 Å². The number of carbonyl (C=O) groups excluding carboxylic acids is 1. The van der Waals surface area contributed by atoms with Gasteiger partial charge in [0.15, 0.2) is 0 Å². The van der Waals surface area contributed by atoms with Gasteiger partial charge >= 0.3 is 0 Å². The van der Waals surface area contributed by atoms with Crippen molar-refractivity contribution in [3.05, 3.63) is 21.9 Å². The van der Waals surface area contributed by atoms with Gasteiger partial charge in [0, 0.05) is 30.9 Å². The maximum atomic E-state index is 11.1. The number of nitrogens with one attached hydrogen (secondary N) is 2. The lowest BCUT2D eigenvalue weighted by Crippen LogP contribution is -2.27. The van der Waals surface area contributed by atoms with Crippen molar-refractivity contribution in [1.29, 1.82) is 5.26 Å². The molecule has 0 unspecified atom stereocenters. The van der Waals surface area contributed by atoms with Crippen LogP contribution in [0.15, 0.2) is 12.1 Å². The summed E-state index contributed by atoms with van der Waals surface area (Å²) in [5.74, 6) is 0.0684. The van der Waals surface area contributed by atoms with Crippen molar-refractivity contribution in [2.75, 3.05) is 13.1 Å². The highest BCUT2D eigenvalue weighted by Crippen LogP contribution is 2.14. The van der Waals surface area contributed by atoms with Crippen molar-refractivity contribution in [3.63, 3.8) is 0 Å². The minimum Gasteiger partial charge on any atom is -0.356 e. The standard InChI is InChI=1S/C11H15N3OS/c1-2-14-11(15)5-6-13-8-10-4-3-9(7-12)16-10/h3-4,13H,2,5-6,8H2,1H3,(H,14,15). The van der Waals surface area contributed by atoms with Crippen LogP contribution in [-0.2, 0) is 11.3 Å². The lowest BCUT2D eigenvalue weighted by Gasteiger charge is -2.03. The van der Waals surface area contributed by atoms with E-state index in [4.69, 9.17) is 5.26 Å². The molecular formula is C11H15N3OS. The number of rotatable bonds is 6. The lowest BCUT2D eigenvalue weighted by atomic mass is 10.3. The Morgan fingerprint density at radius 1 is 1.56 bits per heavy atom. The molecule has 1 aromatic rings. The molecule has 0 atom stereocenters. The predicted molar refractivity (Wildman–Crippen MR) is 64.0 cm³/mol. The third-order valence-electron chi connectivity index (χ3n) is 1.97. The fraction of sp³-hybridized carbons (Fsp3) is 0.455. The van der Waals surface area contributed by atoms with Gasteiger partial charge in [-0.15, -0.1) is 11.3 Å².